The Labute approximate surface area is 112 Å². The highest BCUT2D eigenvalue weighted by molar-refractivity contribution is 5.72. The zero-order valence-electron chi connectivity index (χ0n) is 11.1. The van der Waals surface area contributed by atoms with E-state index in [0.29, 0.717) is 19.6 Å². The van der Waals surface area contributed by atoms with Crippen molar-refractivity contribution in [1.82, 2.24) is 4.90 Å². The average molecular weight is 266 g/mol. The van der Waals surface area contributed by atoms with Crippen molar-refractivity contribution < 1.29 is 13.9 Å². The van der Waals surface area contributed by atoms with E-state index in [0.717, 1.165) is 24.1 Å². The molecular formula is C14H19FN2O2. The number of esters is 1. The molecule has 1 fully saturated rings. The summed E-state index contributed by atoms with van der Waals surface area (Å²) in [4.78, 5) is 13.6. The van der Waals surface area contributed by atoms with E-state index in [2.05, 4.69) is 4.90 Å². The SMILES string of the molecule is COC(=O)C1CCN(Cc2ccc(F)cc2CN)C1. The molecule has 19 heavy (non-hydrogen) atoms. The number of rotatable bonds is 4. The monoisotopic (exact) mass is 266 g/mol. The number of nitrogens with zero attached hydrogens (tertiary/aromatic N) is 1. The maximum Gasteiger partial charge on any atom is 0.310 e. The van der Waals surface area contributed by atoms with Gasteiger partial charge in [0.2, 0.25) is 0 Å². The fourth-order valence-electron chi connectivity index (χ4n) is 2.51. The van der Waals surface area contributed by atoms with Gasteiger partial charge < -0.3 is 10.5 Å². The molecule has 2 rings (SSSR count). The summed E-state index contributed by atoms with van der Waals surface area (Å²) in [5, 5.41) is 0. The summed E-state index contributed by atoms with van der Waals surface area (Å²) in [6.45, 7) is 2.55. The number of carbonyl (C=O) groups excluding carboxylic acids is 1. The van der Waals surface area contributed by atoms with Gasteiger partial charge in [-0.3, -0.25) is 9.69 Å². The van der Waals surface area contributed by atoms with Gasteiger partial charge in [-0.1, -0.05) is 6.07 Å². The van der Waals surface area contributed by atoms with Gasteiger partial charge in [0.05, 0.1) is 13.0 Å². The second-order valence-corrected chi connectivity index (χ2v) is 4.86. The van der Waals surface area contributed by atoms with Crippen molar-refractivity contribution in [2.45, 2.75) is 19.5 Å². The van der Waals surface area contributed by atoms with Gasteiger partial charge in [-0.05, 0) is 36.2 Å². The number of methoxy groups -OCH3 is 1. The van der Waals surface area contributed by atoms with Gasteiger partial charge >= 0.3 is 5.97 Å². The number of likely N-dealkylation sites (tertiary alicyclic amines) is 1. The van der Waals surface area contributed by atoms with E-state index in [9.17, 15) is 9.18 Å². The highest BCUT2D eigenvalue weighted by Gasteiger charge is 2.29. The quantitative estimate of drug-likeness (QED) is 0.834. The number of hydrogen-bond donors (Lipinski definition) is 1. The Morgan fingerprint density at radius 3 is 3.00 bits per heavy atom. The first-order valence-electron chi connectivity index (χ1n) is 6.41. The van der Waals surface area contributed by atoms with Crippen molar-refractivity contribution in [1.29, 1.82) is 0 Å². The second kappa shape index (κ2) is 6.12. The normalized spacial score (nSPS) is 19.6. The Bertz CT molecular complexity index is 465. The van der Waals surface area contributed by atoms with Crippen LogP contribution < -0.4 is 5.73 Å². The average Bonchev–Trinajstić information content (AvgIpc) is 2.88. The van der Waals surface area contributed by atoms with E-state index < -0.39 is 0 Å². The van der Waals surface area contributed by atoms with E-state index >= 15 is 0 Å². The van der Waals surface area contributed by atoms with Crippen LogP contribution in [-0.2, 0) is 22.6 Å². The van der Waals surface area contributed by atoms with Crippen molar-refractivity contribution >= 4 is 5.97 Å². The van der Waals surface area contributed by atoms with E-state index in [1.165, 1.54) is 19.2 Å². The summed E-state index contributed by atoms with van der Waals surface area (Å²) in [6.07, 6.45) is 0.811. The molecule has 0 aliphatic carbocycles. The number of nitrogens with two attached hydrogens (primary N) is 1. The largest absolute Gasteiger partial charge is 0.469 e. The molecule has 1 aromatic rings. The van der Waals surface area contributed by atoms with E-state index in [1.54, 1.807) is 6.07 Å². The number of benzene rings is 1. The standard InChI is InChI=1S/C14H19FN2O2/c1-19-14(18)11-4-5-17(9-11)8-10-2-3-13(15)6-12(10)7-16/h2-3,6,11H,4-5,7-9,16H2,1H3. The van der Waals surface area contributed by atoms with Crippen LogP contribution in [-0.4, -0.2) is 31.1 Å². The third-order valence-corrected chi connectivity index (χ3v) is 3.59. The molecule has 4 nitrogen and oxygen atoms in total. The van der Waals surface area contributed by atoms with Gasteiger partial charge in [0, 0.05) is 19.6 Å². The van der Waals surface area contributed by atoms with Crippen LogP contribution in [0.4, 0.5) is 4.39 Å². The molecule has 0 aromatic heterocycles. The zero-order chi connectivity index (χ0) is 13.8. The minimum atomic E-state index is -0.266. The Morgan fingerprint density at radius 1 is 1.53 bits per heavy atom. The molecule has 104 valence electrons. The Balaban J connectivity index is 2.01. The summed E-state index contributed by atoms with van der Waals surface area (Å²) in [5.74, 6) is -0.467. The summed E-state index contributed by atoms with van der Waals surface area (Å²) in [6, 6.07) is 4.69. The van der Waals surface area contributed by atoms with Gasteiger partial charge in [-0.25, -0.2) is 4.39 Å². The van der Waals surface area contributed by atoms with Crippen LogP contribution in [0.25, 0.3) is 0 Å². The second-order valence-electron chi connectivity index (χ2n) is 4.86. The molecule has 0 amide bonds. The van der Waals surface area contributed by atoms with Crippen molar-refractivity contribution in [2.24, 2.45) is 11.7 Å². The molecule has 0 spiro atoms. The lowest BCUT2D eigenvalue weighted by Gasteiger charge is -2.17. The molecule has 2 N–H and O–H groups in total. The zero-order valence-corrected chi connectivity index (χ0v) is 11.1. The molecule has 1 aromatic carbocycles. The number of ether oxygens (including phenoxy) is 1. The highest BCUT2D eigenvalue weighted by Crippen LogP contribution is 2.21. The molecule has 0 radical (unpaired) electrons. The van der Waals surface area contributed by atoms with Crippen molar-refractivity contribution in [3.63, 3.8) is 0 Å². The van der Waals surface area contributed by atoms with Gasteiger partial charge in [-0.2, -0.15) is 0 Å². The van der Waals surface area contributed by atoms with E-state index in [4.69, 9.17) is 10.5 Å². The first-order valence-corrected chi connectivity index (χ1v) is 6.41. The van der Waals surface area contributed by atoms with Crippen molar-refractivity contribution in [2.75, 3.05) is 20.2 Å². The Morgan fingerprint density at radius 2 is 2.32 bits per heavy atom. The highest BCUT2D eigenvalue weighted by atomic mass is 19.1. The molecule has 0 bridgehead atoms. The molecule has 1 aliphatic rings. The molecule has 1 unspecified atom stereocenters. The Kier molecular flexibility index (Phi) is 4.50. The van der Waals surface area contributed by atoms with Crippen LogP contribution in [0.1, 0.15) is 17.5 Å². The summed E-state index contributed by atoms with van der Waals surface area (Å²) in [5.41, 5.74) is 7.47. The van der Waals surface area contributed by atoms with E-state index in [1.807, 2.05) is 0 Å². The van der Waals surface area contributed by atoms with Crippen LogP contribution in [0, 0.1) is 11.7 Å². The smallest absolute Gasteiger partial charge is 0.310 e. The molecular weight excluding hydrogens is 247 g/mol. The van der Waals surface area contributed by atoms with Gasteiger partial charge in [-0.15, -0.1) is 0 Å². The van der Waals surface area contributed by atoms with Crippen molar-refractivity contribution in [3.05, 3.63) is 35.1 Å². The fourth-order valence-corrected chi connectivity index (χ4v) is 2.51. The van der Waals surface area contributed by atoms with Crippen LogP contribution >= 0.6 is 0 Å². The molecule has 1 saturated heterocycles. The maximum absolute atomic E-state index is 13.1. The maximum atomic E-state index is 13.1. The fraction of sp³-hybridized carbons (Fsp3) is 0.500. The third-order valence-electron chi connectivity index (χ3n) is 3.59. The molecule has 1 atom stereocenters. The van der Waals surface area contributed by atoms with Gasteiger partial charge in [0.15, 0.2) is 0 Å². The number of halogens is 1. The van der Waals surface area contributed by atoms with Crippen LogP contribution in [0.15, 0.2) is 18.2 Å². The van der Waals surface area contributed by atoms with Gasteiger partial charge in [0.25, 0.3) is 0 Å². The molecule has 1 aliphatic heterocycles. The topological polar surface area (TPSA) is 55.6 Å². The van der Waals surface area contributed by atoms with Crippen molar-refractivity contribution in [3.8, 4) is 0 Å². The minimum Gasteiger partial charge on any atom is -0.469 e. The third kappa shape index (κ3) is 3.30. The predicted molar refractivity (Wildman–Crippen MR) is 69.7 cm³/mol. The van der Waals surface area contributed by atoms with Gasteiger partial charge in [0.1, 0.15) is 5.82 Å². The summed E-state index contributed by atoms with van der Waals surface area (Å²) < 4.78 is 17.9. The Hall–Kier alpha value is -1.46. The molecule has 0 saturated carbocycles. The van der Waals surface area contributed by atoms with Crippen LogP contribution in [0.2, 0.25) is 0 Å². The number of hydrogen-bond acceptors (Lipinski definition) is 4. The minimum absolute atomic E-state index is 0.0493. The lowest BCUT2D eigenvalue weighted by atomic mass is 10.1. The number of carbonyl (C=O) groups is 1. The summed E-state index contributed by atoms with van der Waals surface area (Å²) in [7, 11) is 1.41. The first kappa shape index (κ1) is 14.0. The van der Waals surface area contributed by atoms with Crippen LogP contribution in [0.3, 0.4) is 0 Å². The molecule has 5 heteroatoms. The summed E-state index contributed by atoms with van der Waals surface area (Å²) >= 11 is 0. The van der Waals surface area contributed by atoms with Crippen LogP contribution in [0.5, 0.6) is 0 Å². The first-order chi connectivity index (χ1) is 9.13. The van der Waals surface area contributed by atoms with E-state index in [-0.39, 0.29) is 17.7 Å². The lowest BCUT2D eigenvalue weighted by Crippen LogP contribution is -2.24. The molecule has 1 heterocycles. The predicted octanol–water partition coefficient (Wildman–Crippen LogP) is 1.28. The lowest BCUT2D eigenvalue weighted by molar-refractivity contribution is -0.144.